The molecule has 1 saturated heterocycles. The van der Waals surface area contributed by atoms with Gasteiger partial charge in [-0.05, 0) is 142 Å². The Morgan fingerprint density at radius 2 is 1.12 bits per heavy atom. The van der Waals surface area contributed by atoms with E-state index in [-0.39, 0.29) is 97.1 Å². The van der Waals surface area contributed by atoms with Crippen LogP contribution in [0.5, 0.6) is 69.0 Å². The molecule has 101 heavy (non-hydrogen) atoms. The Bertz CT molecular complexity index is 4690. The first-order valence-corrected chi connectivity index (χ1v) is 33.1. The highest BCUT2D eigenvalue weighted by molar-refractivity contribution is 6.32. The molecule has 8 atom stereocenters. The molecule has 0 aromatic heterocycles. The summed E-state index contributed by atoms with van der Waals surface area (Å²) in [6, 6.07) is 18.0. The number of phenolic OH excluding ortho intramolecular Hbond substituents is 6. The summed E-state index contributed by atoms with van der Waals surface area (Å²) < 4.78 is 18.7. The van der Waals surface area contributed by atoms with Crippen LogP contribution in [-0.4, -0.2) is 125 Å². The number of rotatable bonds is 6. The number of hydrogen-bond donors (Lipinski definition) is 14. The predicted molar refractivity (Wildman–Crippen MR) is 364 cm³/mol. The molecular formula is C73H67Cl2N9O17. The van der Waals surface area contributed by atoms with E-state index in [9.17, 15) is 40.5 Å². The molecule has 1 fully saturated rings. The van der Waals surface area contributed by atoms with Crippen LogP contribution in [0.2, 0.25) is 10.0 Å². The first-order chi connectivity index (χ1) is 48.4. The van der Waals surface area contributed by atoms with Gasteiger partial charge in [-0.3, -0.25) is 38.5 Å². The quantitative estimate of drug-likeness (QED) is 0.0762. The number of ether oxygens (including phenoxy) is 3. The predicted octanol–water partition coefficient (Wildman–Crippen LogP) is 7.59. The van der Waals surface area contributed by atoms with Gasteiger partial charge in [0.15, 0.2) is 23.0 Å². The van der Waals surface area contributed by atoms with Gasteiger partial charge in [0.1, 0.15) is 88.6 Å². The van der Waals surface area contributed by atoms with Crippen molar-refractivity contribution in [3.63, 3.8) is 0 Å². The van der Waals surface area contributed by atoms with E-state index < -0.39 is 136 Å². The third-order valence-electron chi connectivity index (χ3n) is 18.4. The largest absolute Gasteiger partial charge is 0.508 e. The lowest BCUT2D eigenvalue weighted by Crippen LogP contribution is -2.57. The van der Waals surface area contributed by atoms with Crippen molar-refractivity contribution in [1.82, 2.24) is 41.7 Å². The van der Waals surface area contributed by atoms with E-state index in [4.69, 9.17) is 43.1 Å². The van der Waals surface area contributed by atoms with E-state index in [1.54, 1.807) is 0 Å². The number of aliphatic hydroxyl groups is 1. The van der Waals surface area contributed by atoms with Crippen LogP contribution in [0, 0.1) is 0 Å². The number of nitrogens with zero attached hydrogens (tertiary/aromatic N) is 2. The number of aromatic hydroxyl groups is 6. The molecule has 0 aliphatic carbocycles. The lowest BCUT2D eigenvalue weighted by Gasteiger charge is -2.37. The second-order valence-corrected chi connectivity index (χ2v) is 26.1. The molecule has 17 bridgehead atoms. The maximum atomic E-state index is 16.0. The van der Waals surface area contributed by atoms with Crippen LogP contribution in [0.1, 0.15) is 106 Å². The van der Waals surface area contributed by atoms with Gasteiger partial charge < -0.3 is 92.5 Å². The molecule has 15 rings (SSSR count). The highest BCUT2D eigenvalue weighted by atomic mass is 35.5. The van der Waals surface area contributed by atoms with E-state index in [0.29, 0.717) is 25.2 Å². The van der Waals surface area contributed by atoms with Crippen molar-refractivity contribution < 1.29 is 83.5 Å². The molecule has 28 heteroatoms. The third kappa shape index (κ3) is 14.2. The number of hydrogen-bond acceptors (Lipinski definition) is 19. The highest BCUT2D eigenvalue weighted by Gasteiger charge is 2.42. The summed E-state index contributed by atoms with van der Waals surface area (Å²) in [5, 5.41) is 97.8. The number of piperazine rings is 1. The Balaban J connectivity index is 0.949. The smallest absolute Gasteiger partial charge is 0.249 e. The number of halogens is 2. The van der Waals surface area contributed by atoms with Crippen molar-refractivity contribution in [3.8, 4) is 80.1 Å². The lowest BCUT2D eigenvalue weighted by atomic mass is 9.89. The first-order valence-electron chi connectivity index (χ1n) is 32.3. The molecule has 8 aromatic rings. The van der Waals surface area contributed by atoms with Crippen molar-refractivity contribution in [2.75, 3.05) is 26.2 Å². The summed E-state index contributed by atoms with van der Waals surface area (Å²) >= 11 is 13.9. The Hall–Kier alpha value is -11.3. The normalized spacial score (nSPS) is 21.5. The summed E-state index contributed by atoms with van der Waals surface area (Å²) in [5.41, 5.74) is 7.47. The number of unbranched alkanes of at least 4 members (excludes halogenated alkanes) is 1. The molecule has 0 spiro atoms. The second-order valence-electron chi connectivity index (χ2n) is 25.3. The number of fused-ring (bicyclic) bond motifs is 14. The van der Waals surface area contributed by atoms with Crippen LogP contribution in [0.3, 0.4) is 0 Å². The summed E-state index contributed by atoms with van der Waals surface area (Å²) in [5.74, 6) is -13.1. The number of amides is 7. The summed E-state index contributed by atoms with van der Waals surface area (Å²) in [6.45, 7) is 3.74. The summed E-state index contributed by atoms with van der Waals surface area (Å²) in [7, 11) is 0. The van der Waals surface area contributed by atoms with Crippen LogP contribution >= 0.6 is 23.2 Å². The summed E-state index contributed by atoms with van der Waals surface area (Å²) in [6.07, 6.45) is 0.667. The van der Waals surface area contributed by atoms with Crippen molar-refractivity contribution in [2.24, 2.45) is 5.73 Å². The molecule has 7 amide bonds. The molecule has 520 valence electrons. The van der Waals surface area contributed by atoms with E-state index in [2.05, 4.69) is 68.0 Å². The van der Waals surface area contributed by atoms with E-state index >= 15 is 28.8 Å². The maximum absolute atomic E-state index is 16.0. The Morgan fingerprint density at radius 3 is 1.80 bits per heavy atom. The minimum atomic E-state index is -2.16. The average Bonchev–Trinajstić information content (AvgIpc) is 0.765. The Labute approximate surface area is 586 Å². The van der Waals surface area contributed by atoms with Crippen LogP contribution in [-0.2, 0) is 52.9 Å². The molecule has 8 aromatic carbocycles. The highest BCUT2D eigenvalue weighted by Crippen LogP contribution is 2.48. The molecule has 7 aliphatic rings. The fourth-order valence-corrected chi connectivity index (χ4v) is 13.5. The fraction of sp³-hybridized carbons (Fsp3) is 0.247. The zero-order chi connectivity index (χ0) is 71.2. The molecular weight excluding hydrogens is 1350 g/mol. The zero-order valence-electron chi connectivity index (χ0n) is 53.7. The Morgan fingerprint density at radius 1 is 0.525 bits per heavy atom. The van der Waals surface area contributed by atoms with Gasteiger partial charge in [0.25, 0.3) is 0 Å². The lowest BCUT2D eigenvalue weighted by molar-refractivity contribution is -0.140. The summed E-state index contributed by atoms with van der Waals surface area (Å²) in [4.78, 5) is 111. The second kappa shape index (κ2) is 28.1. The number of aliphatic hydroxyl groups excluding tert-OH is 1. The molecule has 7 heterocycles. The van der Waals surface area contributed by atoms with Crippen molar-refractivity contribution >= 4 is 64.6 Å². The Kier molecular flexibility index (Phi) is 19.0. The van der Waals surface area contributed by atoms with E-state index in [1.165, 1.54) is 83.3 Å². The van der Waals surface area contributed by atoms with Gasteiger partial charge in [-0.1, -0.05) is 85.1 Å². The maximum Gasteiger partial charge on any atom is 0.249 e. The van der Waals surface area contributed by atoms with Gasteiger partial charge in [0.05, 0.1) is 10.0 Å². The van der Waals surface area contributed by atoms with Crippen LogP contribution in [0.25, 0.3) is 11.1 Å². The van der Waals surface area contributed by atoms with Crippen LogP contribution in [0.15, 0.2) is 140 Å². The molecule has 0 unspecified atom stereocenters. The fourth-order valence-electron chi connectivity index (χ4n) is 13.0. The number of nitrogens with two attached hydrogens (primary N) is 1. The van der Waals surface area contributed by atoms with Gasteiger partial charge in [-0.15, -0.1) is 0 Å². The molecule has 15 N–H and O–H groups in total. The molecule has 0 radical (unpaired) electrons. The van der Waals surface area contributed by atoms with Crippen LogP contribution < -0.4 is 51.8 Å². The number of benzene rings is 8. The molecule has 0 saturated carbocycles. The first kappa shape index (κ1) is 68.2. The minimum absolute atomic E-state index is 0.116. The number of aryl methyl sites for hydroxylation is 1. The number of carbonyl (C=O) groups is 7. The minimum Gasteiger partial charge on any atom is -0.508 e. The van der Waals surface area contributed by atoms with Gasteiger partial charge in [0, 0.05) is 62.4 Å². The van der Waals surface area contributed by atoms with Crippen molar-refractivity contribution in [1.29, 1.82) is 0 Å². The van der Waals surface area contributed by atoms with Gasteiger partial charge in [0.2, 0.25) is 47.1 Å². The van der Waals surface area contributed by atoms with Crippen LogP contribution in [0.4, 0.5) is 0 Å². The van der Waals surface area contributed by atoms with Gasteiger partial charge in [-0.25, -0.2) is 0 Å². The topological polar surface area (TPSA) is 393 Å². The standard InChI is InChI=1S/C73H67Cl2N9O17/c1-2-3-4-34-5-7-35(8-6-34)33-83-17-19-84(20-18-83)73(98)63-46-31-43(86)32-52(89)58(46)45-25-38(11-13-50(45)87)60-69(94)82-64(72(97)81-63)65(90)39-12-16-54(48(75)26-39)101-57-29-41-28-56(66(57)91)100-53-15-9-36(21-47(53)74)22-49-67(92)78-61(70(95)80-62(41)71(96)79-60)40-23-42(85)30-44(24-40)99-55-27-37(10-14-51(55)88)59(76)68(93)77-49/h5-16,21,23-32,49,59-65,85-91H,2-4,17-20,22,33,76H2,1H3,(H,77,93)(H,78,92)(H,79,96)(H,80,95)(H,81,97)(H,82,94)/t49-,59-,60-,61+,62-,63+,64+,65-/m1/s1. The van der Waals surface area contributed by atoms with E-state index in [0.717, 1.165) is 67.3 Å². The van der Waals surface area contributed by atoms with E-state index in [1.807, 2.05) is 0 Å². The van der Waals surface area contributed by atoms with Gasteiger partial charge >= 0.3 is 0 Å². The number of nitrogens with one attached hydrogen (secondary N) is 6. The average molecular weight is 1410 g/mol. The number of phenols is 6. The monoisotopic (exact) mass is 1410 g/mol. The molecule has 26 nitrogen and oxygen atoms in total. The van der Waals surface area contributed by atoms with Crippen molar-refractivity contribution in [2.45, 2.75) is 87.5 Å². The SMILES string of the molecule is CCCCc1ccc(CN2CCN(C(=O)[C@H]3NC(=O)[C@H]4NC(=O)[C@H](NC(=O)[C@@H]5NC(=O)[C@H]6NC(=O)[C@@H](Cc7ccc(c(Cl)c7)Oc7cc5cc(c7O)Oc5ccc(cc5Cl)[C@H]4O)NC(=O)[C@H](N)c4ccc(O)c(c4)Oc4cc(O)cc6c4)c4ccc(O)c(c4)-c4c(O)cc(O)cc43)CC2)cc1. The number of carbonyl (C=O) groups excluding carboxylic acids is 7. The molecule has 7 aliphatic heterocycles. The third-order valence-corrected chi connectivity index (χ3v) is 19.0. The van der Waals surface area contributed by atoms with Crippen molar-refractivity contribution in [3.05, 3.63) is 200 Å². The van der Waals surface area contributed by atoms with Gasteiger partial charge in [-0.2, -0.15) is 0 Å². The zero-order valence-corrected chi connectivity index (χ0v) is 55.2.